The Hall–Kier alpha value is -1.56. The summed E-state index contributed by atoms with van der Waals surface area (Å²) >= 11 is 5.95. The number of fused-ring (bicyclic) bond motifs is 1. The van der Waals surface area contributed by atoms with Crippen molar-refractivity contribution in [2.45, 2.75) is 11.3 Å². The van der Waals surface area contributed by atoms with Crippen LogP contribution < -0.4 is 9.46 Å². The van der Waals surface area contributed by atoms with Crippen LogP contribution in [0.2, 0.25) is 5.02 Å². The first-order chi connectivity index (χ1) is 10.6. The fourth-order valence-electron chi connectivity index (χ4n) is 2.49. The Morgan fingerprint density at radius 2 is 1.86 bits per heavy atom. The summed E-state index contributed by atoms with van der Waals surface area (Å²) in [4.78, 5) is 0.105. The van der Waals surface area contributed by atoms with Crippen molar-refractivity contribution in [1.29, 1.82) is 0 Å². The number of halogens is 1. The second-order valence-electron chi connectivity index (χ2n) is 5.27. The number of hydrogen-bond donors (Lipinski definition) is 1. The van der Waals surface area contributed by atoms with Gasteiger partial charge in [-0.15, -0.1) is 0 Å². The lowest BCUT2D eigenvalue weighted by Gasteiger charge is -2.25. The third-order valence-corrected chi connectivity index (χ3v) is 5.57. The molecule has 1 N–H and O–H groups in total. The van der Waals surface area contributed by atoms with Crippen molar-refractivity contribution in [2.24, 2.45) is 5.92 Å². The number of benzene rings is 2. The maximum atomic E-state index is 12.3. The summed E-state index contributed by atoms with van der Waals surface area (Å²) in [5.74, 6) is 0.986. The van der Waals surface area contributed by atoms with Crippen LogP contribution in [0.1, 0.15) is 5.56 Å². The predicted molar refractivity (Wildman–Crippen MR) is 85.8 cm³/mol. The summed E-state index contributed by atoms with van der Waals surface area (Å²) in [6.45, 7) is 0.823. The van der Waals surface area contributed by atoms with E-state index in [9.17, 15) is 8.42 Å². The molecule has 0 spiro atoms. The maximum absolute atomic E-state index is 12.3. The zero-order valence-electron chi connectivity index (χ0n) is 11.8. The van der Waals surface area contributed by atoms with Gasteiger partial charge in [-0.2, -0.15) is 0 Å². The highest BCUT2D eigenvalue weighted by atomic mass is 35.5. The standard InChI is InChI=1S/C16H16ClNO3S/c17-14-6-2-4-8-16(14)22(19,20)18-10-12-9-13-5-1-3-7-15(13)21-11-12/h1-8,12,18H,9-11H2. The van der Waals surface area contributed by atoms with Crippen LogP contribution in [-0.2, 0) is 16.4 Å². The zero-order chi connectivity index (χ0) is 15.6. The van der Waals surface area contributed by atoms with Gasteiger partial charge in [0, 0.05) is 12.5 Å². The largest absolute Gasteiger partial charge is 0.493 e. The molecule has 2 aromatic rings. The van der Waals surface area contributed by atoms with Gasteiger partial charge in [0.2, 0.25) is 10.0 Å². The van der Waals surface area contributed by atoms with Gasteiger partial charge in [-0.25, -0.2) is 13.1 Å². The quantitative estimate of drug-likeness (QED) is 0.933. The summed E-state index contributed by atoms with van der Waals surface area (Å²) in [6.07, 6.45) is 0.793. The van der Waals surface area contributed by atoms with E-state index in [0.29, 0.717) is 13.2 Å². The highest BCUT2D eigenvalue weighted by Crippen LogP contribution is 2.27. The van der Waals surface area contributed by atoms with E-state index >= 15 is 0 Å². The lowest BCUT2D eigenvalue weighted by atomic mass is 9.97. The summed E-state index contributed by atoms with van der Waals surface area (Å²) in [7, 11) is -3.61. The molecule has 0 amide bonds. The normalized spacial score (nSPS) is 17.6. The summed E-state index contributed by atoms with van der Waals surface area (Å²) in [5, 5.41) is 0.222. The van der Waals surface area contributed by atoms with E-state index < -0.39 is 10.0 Å². The zero-order valence-corrected chi connectivity index (χ0v) is 13.4. The molecule has 1 atom stereocenters. The molecule has 0 fully saturated rings. The average molecular weight is 338 g/mol. The second kappa shape index (κ2) is 6.28. The third-order valence-electron chi connectivity index (χ3n) is 3.64. The molecule has 0 saturated carbocycles. The Labute approximate surface area is 135 Å². The molecule has 4 nitrogen and oxygen atoms in total. The minimum absolute atomic E-state index is 0.104. The maximum Gasteiger partial charge on any atom is 0.242 e. The van der Waals surface area contributed by atoms with Gasteiger partial charge >= 0.3 is 0 Å². The predicted octanol–water partition coefficient (Wildman–Crippen LogP) is 2.87. The van der Waals surface area contributed by atoms with E-state index in [1.807, 2.05) is 24.3 Å². The van der Waals surface area contributed by atoms with Crippen molar-refractivity contribution in [3.8, 4) is 5.75 Å². The first-order valence-electron chi connectivity index (χ1n) is 7.01. The van der Waals surface area contributed by atoms with Crippen molar-refractivity contribution in [3.63, 3.8) is 0 Å². The monoisotopic (exact) mass is 337 g/mol. The molecule has 0 saturated heterocycles. The molecule has 0 aromatic heterocycles. The molecule has 22 heavy (non-hydrogen) atoms. The minimum Gasteiger partial charge on any atom is -0.493 e. The minimum atomic E-state index is -3.61. The van der Waals surface area contributed by atoms with Gasteiger partial charge in [0.1, 0.15) is 10.6 Å². The van der Waals surface area contributed by atoms with Crippen LogP contribution in [0, 0.1) is 5.92 Å². The summed E-state index contributed by atoms with van der Waals surface area (Å²) in [5.41, 5.74) is 1.11. The molecule has 1 unspecified atom stereocenters. The van der Waals surface area contributed by atoms with E-state index in [0.717, 1.165) is 17.7 Å². The molecule has 3 rings (SSSR count). The van der Waals surface area contributed by atoms with Crippen LogP contribution in [0.15, 0.2) is 53.4 Å². The SMILES string of the molecule is O=S(=O)(NCC1COc2ccccc2C1)c1ccccc1Cl. The second-order valence-corrected chi connectivity index (χ2v) is 7.41. The van der Waals surface area contributed by atoms with Crippen molar-refractivity contribution < 1.29 is 13.2 Å². The Balaban J connectivity index is 1.67. The lowest BCUT2D eigenvalue weighted by Crippen LogP contribution is -2.34. The van der Waals surface area contributed by atoms with Gasteiger partial charge in [0.05, 0.1) is 11.6 Å². The van der Waals surface area contributed by atoms with Crippen molar-refractivity contribution in [2.75, 3.05) is 13.2 Å². The van der Waals surface area contributed by atoms with Gasteiger partial charge in [-0.05, 0) is 30.2 Å². The molecule has 1 heterocycles. The highest BCUT2D eigenvalue weighted by molar-refractivity contribution is 7.89. The first kappa shape index (κ1) is 15.3. The van der Waals surface area contributed by atoms with Crippen LogP contribution in [-0.4, -0.2) is 21.6 Å². The first-order valence-corrected chi connectivity index (χ1v) is 8.87. The van der Waals surface area contributed by atoms with Gasteiger partial charge in [0.25, 0.3) is 0 Å². The van der Waals surface area contributed by atoms with Crippen molar-refractivity contribution >= 4 is 21.6 Å². The fraction of sp³-hybridized carbons (Fsp3) is 0.250. The molecule has 0 radical (unpaired) electrons. The number of nitrogens with one attached hydrogen (secondary N) is 1. The Morgan fingerprint density at radius 1 is 1.14 bits per heavy atom. The fourth-order valence-corrected chi connectivity index (χ4v) is 4.12. The molecule has 1 aliphatic heterocycles. The molecule has 6 heteroatoms. The molecule has 116 valence electrons. The highest BCUT2D eigenvalue weighted by Gasteiger charge is 2.23. The molecule has 2 aromatic carbocycles. The number of sulfonamides is 1. The van der Waals surface area contributed by atoms with E-state index in [2.05, 4.69) is 4.72 Å². The molecule has 1 aliphatic rings. The number of ether oxygens (including phenoxy) is 1. The Kier molecular flexibility index (Phi) is 4.38. The molecular weight excluding hydrogens is 322 g/mol. The van der Waals surface area contributed by atoms with Crippen molar-refractivity contribution in [3.05, 3.63) is 59.1 Å². The number of hydrogen-bond acceptors (Lipinski definition) is 3. The molecule has 0 aliphatic carbocycles. The Morgan fingerprint density at radius 3 is 2.68 bits per heavy atom. The number of rotatable bonds is 4. The van der Waals surface area contributed by atoms with Crippen LogP contribution in [0.5, 0.6) is 5.75 Å². The lowest BCUT2D eigenvalue weighted by molar-refractivity contribution is 0.223. The molecular formula is C16H16ClNO3S. The van der Waals surface area contributed by atoms with E-state index in [-0.39, 0.29) is 15.8 Å². The van der Waals surface area contributed by atoms with E-state index in [1.165, 1.54) is 6.07 Å². The topological polar surface area (TPSA) is 55.4 Å². The summed E-state index contributed by atoms with van der Waals surface area (Å²) in [6, 6.07) is 14.2. The Bertz CT molecular complexity index is 776. The average Bonchev–Trinajstić information content (AvgIpc) is 2.53. The summed E-state index contributed by atoms with van der Waals surface area (Å²) < 4.78 is 32.9. The van der Waals surface area contributed by atoms with Crippen LogP contribution >= 0.6 is 11.6 Å². The van der Waals surface area contributed by atoms with Crippen molar-refractivity contribution in [1.82, 2.24) is 4.72 Å². The van der Waals surface area contributed by atoms with Crippen LogP contribution in [0.25, 0.3) is 0 Å². The third kappa shape index (κ3) is 3.27. The van der Waals surface area contributed by atoms with E-state index in [1.54, 1.807) is 18.2 Å². The van der Waals surface area contributed by atoms with E-state index in [4.69, 9.17) is 16.3 Å². The number of para-hydroxylation sites is 1. The van der Waals surface area contributed by atoms with Gasteiger partial charge < -0.3 is 4.74 Å². The van der Waals surface area contributed by atoms with Crippen LogP contribution in [0.4, 0.5) is 0 Å². The van der Waals surface area contributed by atoms with Gasteiger partial charge in [0.15, 0.2) is 0 Å². The van der Waals surface area contributed by atoms with Gasteiger partial charge in [-0.1, -0.05) is 41.9 Å². The molecule has 0 bridgehead atoms. The van der Waals surface area contributed by atoms with Crippen LogP contribution in [0.3, 0.4) is 0 Å². The van der Waals surface area contributed by atoms with Gasteiger partial charge in [-0.3, -0.25) is 0 Å². The smallest absolute Gasteiger partial charge is 0.242 e.